The molecule has 8 nitrogen and oxygen atoms in total. The molecule has 0 radical (unpaired) electrons. The maximum atomic E-state index is 13.8. The second-order valence-electron chi connectivity index (χ2n) is 9.51. The number of aryl methyl sites for hydroxylation is 1. The molecule has 1 amide bonds. The van der Waals surface area contributed by atoms with E-state index >= 15 is 0 Å². The first-order chi connectivity index (χ1) is 16.6. The monoisotopic (exact) mass is 490 g/mol. The molecule has 0 fully saturated rings. The van der Waals surface area contributed by atoms with E-state index in [1.54, 1.807) is 48.8 Å². The Balaban J connectivity index is 1.65. The Kier molecular flexibility index (Phi) is 5.59. The third kappa shape index (κ3) is 4.27. The number of hydrogen-bond donors (Lipinski definition) is 1. The van der Waals surface area contributed by atoms with Crippen LogP contribution >= 0.6 is 0 Å². The van der Waals surface area contributed by atoms with Gasteiger partial charge in [0, 0.05) is 17.8 Å². The van der Waals surface area contributed by atoms with Gasteiger partial charge in [0.2, 0.25) is 0 Å². The third-order valence-corrected chi connectivity index (χ3v) is 7.69. The summed E-state index contributed by atoms with van der Waals surface area (Å²) >= 11 is 0. The minimum Gasteiger partial charge on any atom is -0.444 e. The summed E-state index contributed by atoms with van der Waals surface area (Å²) in [5.74, 6) is 0. The standard InChI is InChI=1S/C26H26N4O4S/c1-26(2,3)34-25(31)29-21-11-9-18-19(21)10-12-23-20(18)15-24(22-16-27-13-14-28-22)30(23)35(32,33)17-7-5-4-6-8-17/h4-8,10,12-16,21H,9,11H2,1-3H3,(H,29,31)/t21-/m1/s1. The molecule has 2 aromatic carbocycles. The van der Waals surface area contributed by atoms with Crippen molar-refractivity contribution in [2.75, 3.05) is 0 Å². The fraction of sp³-hybridized carbons (Fsp3) is 0.269. The van der Waals surface area contributed by atoms with Gasteiger partial charge in [-0.15, -0.1) is 0 Å². The maximum absolute atomic E-state index is 13.8. The van der Waals surface area contributed by atoms with Crippen molar-refractivity contribution in [3.63, 3.8) is 0 Å². The smallest absolute Gasteiger partial charge is 0.408 e. The number of nitrogens with zero attached hydrogens (tertiary/aromatic N) is 3. The van der Waals surface area contributed by atoms with Crippen LogP contribution in [0.4, 0.5) is 4.79 Å². The van der Waals surface area contributed by atoms with Crippen molar-refractivity contribution in [1.82, 2.24) is 19.3 Å². The van der Waals surface area contributed by atoms with Crippen LogP contribution in [0.3, 0.4) is 0 Å². The Morgan fingerprint density at radius 3 is 2.57 bits per heavy atom. The highest BCUT2D eigenvalue weighted by atomic mass is 32.2. The van der Waals surface area contributed by atoms with Gasteiger partial charge in [0.05, 0.1) is 28.3 Å². The zero-order valence-electron chi connectivity index (χ0n) is 19.7. The van der Waals surface area contributed by atoms with Crippen LogP contribution in [0.1, 0.15) is 44.4 Å². The fourth-order valence-corrected chi connectivity index (χ4v) is 6.08. The number of alkyl carbamates (subject to hydrolysis) is 1. The van der Waals surface area contributed by atoms with Crippen LogP contribution < -0.4 is 5.32 Å². The summed E-state index contributed by atoms with van der Waals surface area (Å²) < 4.78 is 34.3. The summed E-state index contributed by atoms with van der Waals surface area (Å²) in [5.41, 5.74) is 2.84. The van der Waals surface area contributed by atoms with E-state index in [1.165, 1.54) is 10.2 Å². The van der Waals surface area contributed by atoms with Crippen molar-refractivity contribution in [1.29, 1.82) is 0 Å². The minimum atomic E-state index is -3.91. The lowest BCUT2D eigenvalue weighted by Crippen LogP contribution is -2.34. The molecule has 1 aliphatic rings. The molecule has 0 spiro atoms. The lowest BCUT2D eigenvalue weighted by atomic mass is 10.0. The predicted octanol–water partition coefficient (Wildman–Crippen LogP) is 4.85. The first-order valence-electron chi connectivity index (χ1n) is 11.4. The van der Waals surface area contributed by atoms with Crippen molar-refractivity contribution in [3.8, 4) is 11.4 Å². The van der Waals surface area contributed by atoms with Gasteiger partial charge in [-0.05, 0) is 69.0 Å². The number of benzene rings is 2. The minimum absolute atomic E-state index is 0.188. The molecule has 1 N–H and O–H groups in total. The zero-order chi connectivity index (χ0) is 24.8. The number of hydrogen-bond acceptors (Lipinski definition) is 6. The first-order valence-corrected chi connectivity index (χ1v) is 12.8. The van der Waals surface area contributed by atoms with Gasteiger partial charge in [-0.2, -0.15) is 0 Å². The van der Waals surface area contributed by atoms with Crippen LogP contribution in [0.2, 0.25) is 0 Å². The summed E-state index contributed by atoms with van der Waals surface area (Å²) in [6.45, 7) is 5.47. The van der Waals surface area contributed by atoms with Gasteiger partial charge < -0.3 is 10.1 Å². The van der Waals surface area contributed by atoms with E-state index in [9.17, 15) is 13.2 Å². The molecule has 0 saturated carbocycles. The van der Waals surface area contributed by atoms with Crippen LogP contribution in [0, 0.1) is 0 Å². The average Bonchev–Trinajstić information content (AvgIpc) is 3.41. The Hall–Kier alpha value is -3.72. The van der Waals surface area contributed by atoms with Crippen molar-refractivity contribution in [3.05, 3.63) is 78.2 Å². The van der Waals surface area contributed by atoms with E-state index in [2.05, 4.69) is 15.3 Å². The van der Waals surface area contributed by atoms with Gasteiger partial charge in [-0.25, -0.2) is 17.2 Å². The molecule has 35 heavy (non-hydrogen) atoms. The molecule has 180 valence electrons. The SMILES string of the molecule is CC(C)(C)OC(=O)N[C@@H]1CCc2c1ccc1c2cc(-c2cnccn2)n1S(=O)(=O)c1ccccc1. The number of carbonyl (C=O) groups is 1. The number of ether oxygens (including phenoxy) is 1. The number of aromatic nitrogens is 3. The lowest BCUT2D eigenvalue weighted by molar-refractivity contribution is 0.0503. The first kappa shape index (κ1) is 23.0. The topological polar surface area (TPSA) is 103 Å². The molecule has 0 saturated heterocycles. The van der Waals surface area contributed by atoms with Gasteiger partial charge in [0.25, 0.3) is 10.0 Å². The van der Waals surface area contributed by atoms with E-state index in [1.807, 2.05) is 32.9 Å². The van der Waals surface area contributed by atoms with E-state index in [-0.39, 0.29) is 10.9 Å². The molecular weight excluding hydrogens is 464 g/mol. The number of amides is 1. The molecule has 5 rings (SSSR count). The van der Waals surface area contributed by atoms with E-state index in [4.69, 9.17) is 4.74 Å². The summed E-state index contributed by atoms with van der Waals surface area (Å²) in [5, 5.41) is 3.77. The molecule has 2 aromatic heterocycles. The van der Waals surface area contributed by atoms with E-state index < -0.39 is 21.7 Å². The number of rotatable bonds is 4. The van der Waals surface area contributed by atoms with E-state index in [0.29, 0.717) is 29.7 Å². The molecule has 9 heteroatoms. The summed E-state index contributed by atoms with van der Waals surface area (Å²) in [7, 11) is -3.91. The maximum Gasteiger partial charge on any atom is 0.408 e. The van der Waals surface area contributed by atoms with Gasteiger partial charge >= 0.3 is 6.09 Å². The molecule has 1 atom stereocenters. The van der Waals surface area contributed by atoms with Gasteiger partial charge in [-0.1, -0.05) is 24.3 Å². The van der Waals surface area contributed by atoms with Crippen molar-refractivity contribution in [2.24, 2.45) is 0 Å². The molecule has 0 unspecified atom stereocenters. The van der Waals surface area contributed by atoms with Gasteiger partial charge in [-0.3, -0.25) is 9.97 Å². The second kappa shape index (κ2) is 8.49. The quantitative estimate of drug-likeness (QED) is 0.439. The second-order valence-corrected chi connectivity index (χ2v) is 11.3. The Labute approximate surface area is 204 Å². The molecule has 1 aliphatic carbocycles. The normalized spacial score (nSPS) is 15.7. The Bertz CT molecular complexity index is 1510. The van der Waals surface area contributed by atoms with Crippen molar-refractivity contribution < 1.29 is 17.9 Å². The Morgan fingerprint density at radius 1 is 1.11 bits per heavy atom. The summed E-state index contributed by atoms with van der Waals surface area (Å²) in [6, 6.07) is 13.7. The zero-order valence-corrected chi connectivity index (χ0v) is 20.5. The summed E-state index contributed by atoms with van der Waals surface area (Å²) in [6.07, 6.45) is 5.57. The molecule has 0 bridgehead atoms. The number of fused-ring (bicyclic) bond motifs is 3. The fourth-order valence-electron chi connectivity index (χ4n) is 4.55. The third-order valence-electron chi connectivity index (χ3n) is 5.95. The lowest BCUT2D eigenvalue weighted by Gasteiger charge is -2.22. The van der Waals surface area contributed by atoms with Crippen molar-refractivity contribution >= 4 is 27.0 Å². The van der Waals surface area contributed by atoms with Gasteiger partial charge in [0.1, 0.15) is 11.3 Å². The molecule has 0 aliphatic heterocycles. The Morgan fingerprint density at radius 2 is 1.89 bits per heavy atom. The summed E-state index contributed by atoms with van der Waals surface area (Å²) in [4.78, 5) is 21.1. The van der Waals surface area contributed by atoms with Crippen LogP contribution in [-0.2, 0) is 21.2 Å². The average molecular weight is 491 g/mol. The predicted molar refractivity (Wildman–Crippen MR) is 132 cm³/mol. The van der Waals surface area contributed by atoms with Crippen molar-refractivity contribution in [2.45, 2.75) is 50.2 Å². The van der Waals surface area contributed by atoms with Crippen LogP contribution in [0.5, 0.6) is 0 Å². The molecular formula is C26H26N4O4S. The highest BCUT2D eigenvalue weighted by molar-refractivity contribution is 7.90. The number of carbonyl (C=O) groups excluding carboxylic acids is 1. The molecule has 4 aromatic rings. The molecule has 2 heterocycles. The van der Waals surface area contributed by atoms with Crippen LogP contribution in [0.25, 0.3) is 22.3 Å². The van der Waals surface area contributed by atoms with E-state index in [0.717, 1.165) is 16.5 Å². The largest absolute Gasteiger partial charge is 0.444 e. The van der Waals surface area contributed by atoms with Crippen LogP contribution in [0.15, 0.2) is 72.0 Å². The van der Waals surface area contributed by atoms with Gasteiger partial charge in [0.15, 0.2) is 0 Å². The highest BCUT2D eigenvalue weighted by Gasteiger charge is 2.31. The number of nitrogens with one attached hydrogen (secondary N) is 1. The highest BCUT2D eigenvalue weighted by Crippen LogP contribution is 2.40. The van der Waals surface area contributed by atoms with Crippen LogP contribution in [-0.4, -0.2) is 34.1 Å².